The van der Waals surface area contributed by atoms with Gasteiger partial charge in [-0.2, -0.15) is 5.26 Å². The summed E-state index contributed by atoms with van der Waals surface area (Å²) in [6, 6.07) is 13.1. The fraction of sp³-hybridized carbons (Fsp3) is 0.294. The SMILES string of the molecule is N#Cc1cccc(N2CCN(C(=O)Cc3ccccn3)CC2)n1. The summed E-state index contributed by atoms with van der Waals surface area (Å²) in [7, 11) is 0. The van der Waals surface area contributed by atoms with Crippen LogP contribution in [-0.2, 0) is 11.2 Å². The van der Waals surface area contributed by atoms with Crippen molar-refractivity contribution in [3.05, 3.63) is 54.0 Å². The highest BCUT2D eigenvalue weighted by atomic mass is 16.2. The predicted octanol–water partition coefficient (Wildman–Crippen LogP) is 1.24. The molecule has 1 aliphatic rings. The van der Waals surface area contributed by atoms with Gasteiger partial charge in [-0.3, -0.25) is 9.78 Å². The van der Waals surface area contributed by atoms with E-state index in [2.05, 4.69) is 20.9 Å². The van der Waals surface area contributed by atoms with E-state index >= 15 is 0 Å². The van der Waals surface area contributed by atoms with Crippen LogP contribution >= 0.6 is 0 Å². The minimum atomic E-state index is 0.0992. The standard InChI is InChI=1S/C17H17N5O/c18-13-15-5-3-6-16(20-15)21-8-10-22(11-9-21)17(23)12-14-4-1-2-7-19-14/h1-7H,8-12H2. The van der Waals surface area contributed by atoms with E-state index in [9.17, 15) is 4.79 Å². The highest BCUT2D eigenvalue weighted by Gasteiger charge is 2.22. The smallest absolute Gasteiger partial charge is 0.228 e. The summed E-state index contributed by atoms with van der Waals surface area (Å²) in [6.45, 7) is 2.75. The van der Waals surface area contributed by atoms with Gasteiger partial charge in [0.05, 0.1) is 6.42 Å². The van der Waals surface area contributed by atoms with E-state index in [1.54, 1.807) is 12.3 Å². The third-order valence-electron chi connectivity index (χ3n) is 3.86. The van der Waals surface area contributed by atoms with Crippen LogP contribution in [0.1, 0.15) is 11.4 Å². The number of carbonyl (C=O) groups excluding carboxylic acids is 1. The van der Waals surface area contributed by atoms with Crippen LogP contribution in [0.2, 0.25) is 0 Å². The van der Waals surface area contributed by atoms with Crippen molar-refractivity contribution < 1.29 is 4.79 Å². The number of amides is 1. The van der Waals surface area contributed by atoms with Gasteiger partial charge in [-0.15, -0.1) is 0 Å². The predicted molar refractivity (Wildman–Crippen MR) is 85.7 cm³/mol. The van der Waals surface area contributed by atoms with Crippen molar-refractivity contribution in [3.63, 3.8) is 0 Å². The molecule has 1 saturated heterocycles. The zero-order chi connectivity index (χ0) is 16.1. The van der Waals surface area contributed by atoms with Gasteiger partial charge in [-0.25, -0.2) is 4.98 Å². The van der Waals surface area contributed by atoms with E-state index in [0.29, 0.717) is 25.2 Å². The van der Waals surface area contributed by atoms with Gasteiger partial charge in [0.25, 0.3) is 0 Å². The van der Waals surface area contributed by atoms with Gasteiger partial charge in [0.15, 0.2) is 0 Å². The molecular weight excluding hydrogens is 290 g/mol. The lowest BCUT2D eigenvalue weighted by atomic mass is 10.2. The molecule has 1 amide bonds. The molecule has 0 saturated carbocycles. The molecule has 0 aromatic carbocycles. The lowest BCUT2D eigenvalue weighted by molar-refractivity contribution is -0.130. The Hall–Kier alpha value is -2.94. The molecule has 0 aliphatic carbocycles. The van der Waals surface area contributed by atoms with Gasteiger partial charge in [-0.05, 0) is 24.3 Å². The zero-order valence-corrected chi connectivity index (χ0v) is 12.7. The fourth-order valence-electron chi connectivity index (χ4n) is 2.62. The quantitative estimate of drug-likeness (QED) is 0.853. The first kappa shape index (κ1) is 15.0. The molecular formula is C17H17N5O. The number of piperazine rings is 1. The molecule has 6 heteroatoms. The second-order valence-corrected chi connectivity index (χ2v) is 5.36. The van der Waals surface area contributed by atoms with Crippen LogP contribution in [0.3, 0.4) is 0 Å². The molecule has 23 heavy (non-hydrogen) atoms. The first-order valence-electron chi connectivity index (χ1n) is 7.56. The number of nitriles is 1. The first-order valence-corrected chi connectivity index (χ1v) is 7.56. The van der Waals surface area contributed by atoms with Crippen LogP contribution < -0.4 is 4.90 Å². The number of hydrogen-bond donors (Lipinski definition) is 0. The summed E-state index contributed by atoms with van der Waals surface area (Å²) in [5.41, 5.74) is 1.21. The molecule has 1 fully saturated rings. The van der Waals surface area contributed by atoms with Crippen molar-refractivity contribution in [2.24, 2.45) is 0 Å². The maximum atomic E-state index is 12.3. The molecule has 1 aliphatic heterocycles. The minimum absolute atomic E-state index is 0.0992. The summed E-state index contributed by atoms with van der Waals surface area (Å²) in [5.74, 6) is 0.892. The maximum Gasteiger partial charge on any atom is 0.228 e. The van der Waals surface area contributed by atoms with Crippen molar-refractivity contribution in [1.82, 2.24) is 14.9 Å². The highest BCUT2D eigenvalue weighted by molar-refractivity contribution is 5.78. The lowest BCUT2D eigenvalue weighted by Gasteiger charge is -2.35. The van der Waals surface area contributed by atoms with Crippen molar-refractivity contribution in [3.8, 4) is 6.07 Å². The third-order valence-corrected chi connectivity index (χ3v) is 3.86. The minimum Gasteiger partial charge on any atom is -0.353 e. The van der Waals surface area contributed by atoms with Crippen molar-refractivity contribution in [2.45, 2.75) is 6.42 Å². The summed E-state index contributed by atoms with van der Waals surface area (Å²) in [6.07, 6.45) is 2.04. The molecule has 6 nitrogen and oxygen atoms in total. The van der Waals surface area contributed by atoms with E-state index in [4.69, 9.17) is 5.26 Å². The zero-order valence-electron chi connectivity index (χ0n) is 12.7. The number of carbonyl (C=O) groups is 1. The molecule has 2 aromatic rings. The molecule has 0 unspecified atom stereocenters. The number of anilines is 1. The Morgan fingerprint density at radius 3 is 2.65 bits per heavy atom. The van der Waals surface area contributed by atoms with Gasteiger partial charge in [0.2, 0.25) is 5.91 Å². The third kappa shape index (κ3) is 3.64. The van der Waals surface area contributed by atoms with Crippen LogP contribution in [0.5, 0.6) is 0 Å². The van der Waals surface area contributed by atoms with E-state index in [0.717, 1.165) is 24.6 Å². The topological polar surface area (TPSA) is 73.1 Å². The van der Waals surface area contributed by atoms with Crippen molar-refractivity contribution in [1.29, 1.82) is 5.26 Å². The number of hydrogen-bond acceptors (Lipinski definition) is 5. The number of pyridine rings is 2. The Labute approximate surface area is 135 Å². The Morgan fingerprint density at radius 2 is 1.96 bits per heavy atom. The summed E-state index contributed by atoms with van der Waals surface area (Å²) >= 11 is 0. The molecule has 3 rings (SSSR count). The fourth-order valence-corrected chi connectivity index (χ4v) is 2.62. The molecule has 0 N–H and O–H groups in total. The molecule has 0 bridgehead atoms. The van der Waals surface area contributed by atoms with Crippen LogP contribution in [0.4, 0.5) is 5.82 Å². The van der Waals surface area contributed by atoms with Crippen LogP contribution in [0, 0.1) is 11.3 Å². The summed E-state index contributed by atoms with van der Waals surface area (Å²) in [5, 5.41) is 8.93. The van der Waals surface area contributed by atoms with Crippen LogP contribution in [0.25, 0.3) is 0 Å². The van der Waals surface area contributed by atoms with Crippen LogP contribution in [0.15, 0.2) is 42.6 Å². The number of aromatic nitrogens is 2. The monoisotopic (exact) mass is 307 g/mol. The van der Waals surface area contributed by atoms with Gasteiger partial charge < -0.3 is 9.80 Å². The largest absolute Gasteiger partial charge is 0.353 e. The maximum absolute atomic E-state index is 12.3. The second-order valence-electron chi connectivity index (χ2n) is 5.36. The molecule has 116 valence electrons. The Morgan fingerprint density at radius 1 is 1.13 bits per heavy atom. The molecule has 0 radical (unpaired) electrons. The van der Waals surface area contributed by atoms with Gasteiger partial charge in [-0.1, -0.05) is 12.1 Å². The average Bonchev–Trinajstić information content (AvgIpc) is 2.63. The lowest BCUT2D eigenvalue weighted by Crippen LogP contribution is -2.49. The van der Waals surface area contributed by atoms with Gasteiger partial charge in [0, 0.05) is 38.1 Å². The second kappa shape index (κ2) is 6.88. The van der Waals surface area contributed by atoms with Crippen molar-refractivity contribution >= 4 is 11.7 Å². The highest BCUT2D eigenvalue weighted by Crippen LogP contribution is 2.14. The normalized spacial score (nSPS) is 14.4. The first-order chi connectivity index (χ1) is 11.3. The van der Waals surface area contributed by atoms with Gasteiger partial charge >= 0.3 is 0 Å². The van der Waals surface area contributed by atoms with Crippen molar-refractivity contribution in [2.75, 3.05) is 31.1 Å². The summed E-state index contributed by atoms with van der Waals surface area (Å²) in [4.78, 5) is 24.8. The van der Waals surface area contributed by atoms with Gasteiger partial charge in [0.1, 0.15) is 17.6 Å². The Balaban J connectivity index is 1.58. The number of rotatable bonds is 3. The average molecular weight is 307 g/mol. The molecule has 2 aromatic heterocycles. The van der Waals surface area contributed by atoms with E-state index < -0.39 is 0 Å². The Bertz CT molecular complexity index is 717. The van der Waals surface area contributed by atoms with E-state index in [-0.39, 0.29) is 5.91 Å². The molecule has 0 atom stereocenters. The van der Waals surface area contributed by atoms with E-state index in [1.165, 1.54) is 0 Å². The Kier molecular flexibility index (Phi) is 4.48. The van der Waals surface area contributed by atoms with E-state index in [1.807, 2.05) is 35.2 Å². The number of nitrogens with zero attached hydrogens (tertiary/aromatic N) is 5. The summed E-state index contributed by atoms with van der Waals surface area (Å²) < 4.78 is 0. The molecule has 0 spiro atoms. The van der Waals surface area contributed by atoms with Crippen LogP contribution in [-0.4, -0.2) is 47.0 Å². The molecule has 3 heterocycles.